The summed E-state index contributed by atoms with van der Waals surface area (Å²) in [7, 11) is 1.51. The van der Waals surface area contributed by atoms with E-state index in [1.807, 2.05) is 0 Å². The predicted octanol–water partition coefficient (Wildman–Crippen LogP) is 4.05. The van der Waals surface area contributed by atoms with Gasteiger partial charge in [-0.3, -0.25) is 9.59 Å². The van der Waals surface area contributed by atoms with E-state index in [9.17, 15) is 19.1 Å². The largest absolute Gasteiger partial charge is 0.507 e. The molecule has 0 spiro atoms. The van der Waals surface area contributed by atoms with Crippen molar-refractivity contribution in [3.05, 3.63) is 95.2 Å². The first kappa shape index (κ1) is 19.4. The molecule has 30 heavy (non-hydrogen) atoms. The highest BCUT2D eigenvalue weighted by molar-refractivity contribution is 6.46. The lowest BCUT2D eigenvalue weighted by Crippen LogP contribution is -2.29. The summed E-state index contributed by atoms with van der Waals surface area (Å²) in [5.41, 5.74) is 0.746. The number of aliphatic hydroxyl groups is 1. The van der Waals surface area contributed by atoms with Gasteiger partial charge in [0.15, 0.2) is 0 Å². The molecule has 1 fully saturated rings. The van der Waals surface area contributed by atoms with Gasteiger partial charge < -0.3 is 19.2 Å². The number of halogens is 1. The zero-order valence-electron chi connectivity index (χ0n) is 16.0. The Labute approximate surface area is 171 Å². The molecule has 1 atom stereocenters. The Balaban J connectivity index is 1.87. The van der Waals surface area contributed by atoms with Crippen molar-refractivity contribution in [2.75, 3.05) is 7.11 Å². The van der Waals surface area contributed by atoms with Gasteiger partial charge in [-0.05, 0) is 54.1 Å². The minimum absolute atomic E-state index is 0.0413. The maximum Gasteiger partial charge on any atom is 0.296 e. The smallest absolute Gasteiger partial charge is 0.296 e. The molecule has 0 saturated carbocycles. The van der Waals surface area contributed by atoms with Crippen LogP contribution < -0.4 is 4.74 Å². The van der Waals surface area contributed by atoms with Gasteiger partial charge in [-0.1, -0.05) is 12.1 Å². The van der Waals surface area contributed by atoms with Gasteiger partial charge in [-0.2, -0.15) is 0 Å². The molecule has 2 aromatic carbocycles. The Morgan fingerprint density at radius 3 is 2.57 bits per heavy atom. The number of hydrogen-bond donors (Lipinski definition) is 1. The third kappa shape index (κ3) is 3.45. The molecule has 1 N–H and O–H groups in total. The van der Waals surface area contributed by atoms with Crippen molar-refractivity contribution in [3.63, 3.8) is 0 Å². The minimum Gasteiger partial charge on any atom is -0.507 e. The van der Waals surface area contributed by atoms with Crippen LogP contribution in [0.1, 0.15) is 22.9 Å². The normalized spacial score (nSPS) is 18.1. The van der Waals surface area contributed by atoms with Gasteiger partial charge in [0.1, 0.15) is 23.1 Å². The van der Waals surface area contributed by atoms with Crippen LogP contribution in [0.4, 0.5) is 4.39 Å². The van der Waals surface area contributed by atoms with Crippen LogP contribution in [0.25, 0.3) is 5.76 Å². The van der Waals surface area contributed by atoms with E-state index in [1.54, 1.807) is 36.4 Å². The van der Waals surface area contributed by atoms with Crippen LogP contribution >= 0.6 is 0 Å². The summed E-state index contributed by atoms with van der Waals surface area (Å²) >= 11 is 0. The number of aliphatic hydroxyl groups excluding tert-OH is 1. The highest BCUT2D eigenvalue weighted by Crippen LogP contribution is 2.41. The van der Waals surface area contributed by atoms with Crippen LogP contribution in [0.15, 0.2) is 76.9 Å². The molecule has 0 aliphatic carbocycles. The van der Waals surface area contributed by atoms with Gasteiger partial charge in [0, 0.05) is 5.56 Å². The first-order chi connectivity index (χ1) is 14.5. The summed E-state index contributed by atoms with van der Waals surface area (Å²) < 4.78 is 23.9. The summed E-state index contributed by atoms with van der Waals surface area (Å²) in [5, 5.41) is 10.9. The fourth-order valence-electron chi connectivity index (χ4n) is 3.53. The van der Waals surface area contributed by atoms with Crippen LogP contribution in [0.2, 0.25) is 0 Å². The van der Waals surface area contributed by atoms with E-state index in [1.165, 1.54) is 42.5 Å². The molecule has 0 radical (unpaired) electrons. The van der Waals surface area contributed by atoms with E-state index < -0.39 is 23.5 Å². The Morgan fingerprint density at radius 1 is 1.13 bits per heavy atom. The number of methoxy groups -OCH3 is 1. The van der Waals surface area contributed by atoms with Gasteiger partial charge in [0.25, 0.3) is 11.7 Å². The number of furan rings is 1. The van der Waals surface area contributed by atoms with Crippen LogP contribution in [0, 0.1) is 5.82 Å². The summed E-state index contributed by atoms with van der Waals surface area (Å²) in [6.45, 7) is 0.0413. The molecule has 0 bridgehead atoms. The van der Waals surface area contributed by atoms with Crippen LogP contribution in [-0.4, -0.2) is 28.8 Å². The molecule has 7 heteroatoms. The topological polar surface area (TPSA) is 80.0 Å². The van der Waals surface area contributed by atoms with Crippen molar-refractivity contribution in [1.29, 1.82) is 0 Å². The molecule has 1 amide bonds. The van der Waals surface area contributed by atoms with Gasteiger partial charge in [0.05, 0.1) is 31.5 Å². The number of amides is 1. The summed E-state index contributed by atoms with van der Waals surface area (Å²) in [6.07, 6.45) is 1.48. The van der Waals surface area contributed by atoms with Gasteiger partial charge in [-0.25, -0.2) is 4.39 Å². The molecular formula is C23H18FNO5. The number of benzene rings is 2. The second kappa shape index (κ2) is 7.87. The van der Waals surface area contributed by atoms with E-state index in [2.05, 4.69) is 0 Å². The zero-order chi connectivity index (χ0) is 21.3. The first-order valence-electron chi connectivity index (χ1n) is 9.20. The molecule has 1 aliphatic rings. The highest BCUT2D eigenvalue weighted by Gasteiger charge is 2.46. The number of Topliss-reactive ketones (excluding diaryl/α,β-unsaturated/α-hetero) is 1. The standard InChI is InChI=1S/C23H18FNO5/c1-29-17-5-2-4-15(12-17)20-19(21(26)14-7-9-16(24)10-8-14)22(27)23(28)25(20)13-18-6-3-11-30-18/h2-12,20,26H,13H2,1H3/b21-19+. The van der Waals surface area contributed by atoms with Gasteiger partial charge in [-0.15, -0.1) is 0 Å². The molecule has 1 aromatic heterocycles. The van der Waals surface area contributed by atoms with E-state index in [4.69, 9.17) is 9.15 Å². The van der Waals surface area contributed by atoms with Crippen molar-refractivity contribution in [1.82, 2.24) is 4.90 Å². The maximum atomic E-state index is 13.3. The Morgan fingerprint density at radius 2 is 1.90 bits per heavy atom. The number of ether oxygens (including phenoxy) is 1. The van der Waals surface area contributed by atoms with Crippen molar-refractivity contribution < 1.29 is 28.2 Å². The third-order valence-corrected chi connectivity index (χ3v) is 4.97. The summed E-state index contributed by atoms with van der Waals surface area (Å²) in [6, 6.07) is 14.5. The van der Waals surface area contributed by atoms with E-state index in [-0.39, 0.29) is 23.4 Å². The lowest BCUT2D eigenvalue weighted by molar-refractivity contribution is -0.140. The average Bonchev–Trinajstić information content (AvgIpc) is 3.36. The molecule has 1 aliphatic heterocycles. The first-order valence-corrected chi connectivity index (χ1v) is 9.20. The summed E-state index contributed by atoms with van der Waals surface area (Å²) in [4.78, 5) is 27.1. The number of carbonyl (C=O) groups is 2. The molecule has 3 aromatic rings. The number of likely N-dealkylation sites (tertiary alicyclic amines) is 1. The minimum atomic E-state index is -0.866. The second-order valence-corrected chi connectivity index (χ2v) is 6.79. The molecule has 1 saturated heterocycles. The highest BCUT2D eigenvalue weighted by atomic mass is 19.1. The van der Waals surface area contributed by atoms with E-state index in [0.29, 0.717) is 17.1 Å². The fraction of sp³-hybridized carbons (Fsp3) is 0.130. The van der Waals surface area contributed by atoms with Crippen molar-refractivity contribution in [2.24, 2.45) is 0 Å². The quantitative estimate of drug-likeness (QED) is 0.392. The average molecular weight is 407 g/mol. The molecule has 152 valence electrons. The molecule has 2 heterocycles. The van der Waals surface area contributed by atoms with Gasteiger partial charge in [0.2, 0.25) is 0 Å². The van der Waals surface area contributed by atoms with E-state index in [0.717, 1.165) is 0 Å². The molecular weight excluding hydrogens is 389 g/mol. The SMILES string of the molecule is COc1cccc(C2/C(=C(\O)c3ccc(F)cc3)C(=O)C(=O)N2Cc2ccco2)c1. The third-order valence-electron chi connectivity index (χ3n) is 4.97. The Hall–Kier alpha value is -3.87. The van der Waals surface area contributed by atoms with Crippen LogP contribution in [0.5, 0.6) is 5.75 Å². The molecule has 6 nitrogen and oxygen atoms in total. The maximum absolute atomic E-state index is 13.3. The lowest BCUT2D eigenvalue weighted by atomic mass is 9.95. The van der Waals surface area contributed by atoms with Crippen molar-refractivity contribution in [2.45, 2.75) is 12.6 Å². The van der Waals surface area contributed by atoms with Crippen molar-refractivity contribution in [3.8, 4) is 5.75 Å². The number of ketones is 1. The fourth-order valence-corrected chi connectivity index (χ4v) is 3.53. The number of hydrogen-bond acceptors (Lipinski definition) is 5. The number of nitrogens with zero attached hydrogens (tertiary/aromatic N) is 1. The summed E-state index contributed by atoms with van der Waals surface area (Å²) in [5.74, 6) is -1.40. The number of rotatable bonds is 5. The van der Waals surface area contributed by atoms with Crippen LogP contribution in [-0.2, 0) is 16.1 Å². The molecule has 4 rings (SSSR count). The monoisotopic (exact) mass is 407 g/mol. The van der Waals surface area contributed by atoms with Crippen molar-refractivity contribution >= 4 is 17.4 Å². The Kier molecular flexibility index (Phi) is 5.10. The number of carbonyl (C=O) groups excluding carboxylic acids is 2. The molecule has 1 unspecified atom stereocenters. The van der Waals surface area contributed by atoms with Crippen LogP contribution in [0.3, 0.4) is 0 Å². The Bertz CT molecular complexity index is 1120. The lowest BCUT2D eigenvalue weighted by Gasteiger charge is -2.24. The predicted molar refractivity (Wildman–Crippen MR) is 106 cm³/mol. The second-order valence-electron chi connectivity index (χ2n) is 6.79. The van der Waals surface area contributed by atoms with E-state index >= 15 is 0 Å². The van der Waals surface area contributed by atoms with Gasteiger partial charge >= 0.3 is 0 Å². The zero-order valence-corrected chi connectivity index (χ0v) is 16.0.